The van der Waals surface area contributed by atoms with E-state index in [0.29, 0.717) is 6.04 Å². The van der Waals surface area contributed by atoms with E-state index in [0.717, 1.165) is 17.5 Å². The maximum absolute atomic E-state index is 6.50. The second-order valence-electron chi connectivity index (χ2n) is 7.75. The molecule has 3 rings (SSSR count). The Hall–Kier alpha value is 0.0287. The van der Waals surface area contributed by atoms with Crippen LogP contribution in [0.5, 0.6) is 0 Å². The molecule has 138 valence electrons. The SMILES string of the molecule is Cc1cccc(N2CC[N](CCCCC3CCC(N)CC3)[Sn][CH2]2)c1Cl. The molecule has 1 aliphatic carbocycles. The van der Waals surface area contributed by atoms with Crippen molar-refractivity contribution in [2.24, 2.45) is 11.7 Å². The quantitative estimate of drug-likeness (QED) is 0.505. The van der Waals surface area contributed by atoms with Gasteiger partial charge in [-0.3, -0.25) is 0 Å². The molecule has 2 aliphatic rings. The molecule has 0 aromatic heterocycles. The summed E-state index contributed by atoms with van der Waals surface area (Å²) in [6.45, 7) is 5.79. The minimum absolute atomic E-state index is 0.468. The molecule has 1 heterocycles. The molecular weight excluding hydrogens is 436 g/mol. The van der Waals surface area contributed by atoms with Crippen LogP contribution in [0.1, 0.15) is 50.5 Å². The first kappa shape index (κ1) is 19.8. The van der Waals surface area contributed by atoms with Crippen molar-refractivity contribution in [2.45, 2.75) is 57.9 Å². The molecule has 2 fully saturated rings. The van der Waals surface area contributed by atoms with Gasteiger partial charge >= 0.3 is 169 Å². The van der Waals surface area contributed by atoms with Gasteiger partial charge in [0.05, 0.1) is 0 Å². The molecule has 0 spiro atoms. The number of halogens is 1. The van der Waals surface area contributed by atoms with Crippen LogP contribution in [-0.2, 0) is 0 Å². The number of unbranched alkanes of at least 4 members (excludes halogenated alkanes) is 1. The summed E-state index contributed by atoms with van der Waals surface area (Å²) in [7, 11) is 0. The van der Waals surface area contributed by atoms with Gasteiger partial charge in [0.15, 0.2) is 0 Å². The van der Waals surface area contributed by atoms with Gasteiger partial charge < -0.3 is 0 Å². The predicted molar refractivity (Wildman–Crippen MR) is 110 cm³/mol. The summed E-state index contributed by atoms with van der Waals surface area (Å²) >= 11 is 6.04. The van der Waals surface area contributed by atoms with Gasteiger partial charge in [-0.2, -0.15) is 0 Å². The molecule has 1 aliphatic heterocycles. The van der Waals surface area contributed by atoms with E-state index in [-0.39, 0.29) is 0 Å². The first-order valence-corrected chi connectivity index (χ1v) is 13.5. The normalized spacial score (nSPS) is 25.3. The Kier molecular flexibility index (Phi) is 7.77. The van der Waals surface area contributed by atoms with Crippen molar-refractivity contribution in [3.63, 3.8) is 0 Å². The molecule has 1 aromatic carbocycles. The zero-order valence-electron chi connectivity index (χ0n) is 15.5. The monoisotopic (exact) mass is 469 g/mol. The van der Waals surface area contributed by atoms with Crippen molar-refractivity contribution in [2.75, 3.05) is 29.1 Å². The Morgan fingerprint density at radius 2 is 1.96 bits per heavy atom. The third kappa shape index (κ3) is 5.75. The van der Waals surface area contributed by atoms with Gasteiger partial charge in [-0.05, 0) is 0 Å². The molecule has 2 radical (unpaired) electrons. The summed E-state index contributed by atoms with van der Waals surface area (Å²) in [6, 6.07) is 6.90. The molecule has 0 amide bonds. The van der Waals surface area contributed by atoms with Gasteiger partial charge in [0, 0.05) is 0 Å². The van der Waals surface area contributed by atoms with Crippen LogP contribution in [0.15, 0.2) is 18.2 Å². The average molecular weight is 469 g/mol. The van der Waals surface area contributed by atoms with Crippen molar-refractivity contribution in [1.29, 1.82) is 0 Å². The van der Waals surface area contributed by atoms with Crippen molar-refractivity contribution < 1.29 is 0 Å². The molecule has 3 nitrogen and oxygen atoms in total. The molecule has 0 unspecified atom stereocenters. The van der Waals surface area contributed by atoms with Crippen LogP contribution in [0.25, 0.3) is 0 Å². The summed E-state index contributed by atoms with van der Waals surface area (Å²) < 4.78 is 4.05. The fraction of sp³-hybridized carbons (Fsp3) is 0.700. The number of benzene rings is 1. The van der Waals surface area contributed by atoms with Crippen molar-refractivity contribution >= 4 is 38.7 Å². The van der Waals surface area contributed by atoms with Gasteiger partial charge in [-0.15, -0.1) is 0 Å². The summed E-state index contributed by atoms with van der Waals surface area (Å²) in [6.07, 6.45) is 9.46. The van der Waals surface area contributed by atoms with E-state index < -0.39 is 21.4 Å². The summed E-state index contributed by atoms with van der Waals surface area (Å²) in [4.78, 5) is 2.52. The topological polar surface area (TPSA) is 32.5 Å². The number of rotatable bonds is 6. The number of nitrogens with zero attached hydrogens (tertiary/aromatic N) is 2. The molecule has 5 heteroatoms. The second kappa shape index (κ2) is 9.82. The maximum atomic E-state index is 6.50. The third-order valence-corrected chi connectivity index (χ3v) is 10.4. The van der Waals surface area contributed by atoms with E-state index in [1.54, 1.807) is 0 Å². The molecule has 1 saturated carbocycles. The van der Waals surface area contributed by atoms with Gasteiger partial charge in [0.1, 0.15) is 0 Å². The summed E-state index contributed by atoms with van der Waals surface area (Å²) in [5, 5.41) is 0.947. The van der Waals surface area contributed by atoms with E-state index in [9.17, 15) is 0 Å². The van der Waals surface area contributed by atoms with Gasteiger partial charge in [0.2, 0.25) is 0 Å². The van der Waals surface area contributed by atoms with Crippen LogP contribution < -0.4 is 10.6 Å². The average Bonchev–Trinajstić information content (AvgIpc) is 2.63. The zero-order chi connectivity index (χ0) is 17.6. The fourth-order valence-corrected chi connectivity index (χ4v) is 7.95. The standard InChI is InChI=1S/C20H32ClN3.Sn/c1-16-6-5-8-19(20(16)21)24(2)15-14-23-13-4-3-7-17-9-11-18(22)12-10-17;/h5-6,8,17-18H,2-4,7,9-15,22H2,1H3;/q-1;+1. The van der Waals surface area contributed by atoms with Crippen LogP contribution in [-0.4, -0.2) is 54.8 Å². The Balaban J connectivity index is 1.33. The van der Waals surface area contributed by atoms with Crippen LogP contribution in [0.3, 0.4) is 0 Å². The van der Waals surface area contributed by atoms with E-state index in [1.807, 2.05) is 0 Å². The van der Waals surface area contributed by atoms with Crippen molar-refractivity contribution in [1.82, 2.24) is 3.12 Å². The Morgan fingerprint density at radius 3 is 2.68 bits per heavy atom. The number of anilines is 1. The van der Waals surface area contributed by atoms with Gasteiger partial charge in [-0.1, -0.05) is 0 Å². The Bertz CT molecular complexity index is 538. The molecule has 0 atom stereocenters. The molecule has 1 aromatic rings. The summed E-state index contributed by atoms with van der Waals surface area (Å²) in [5.74, 6) is 0.958. The Morgan fingerprint density at radius 1 is 1.16 bits per heavy atom. The number of aryl methyl sites for hydroxylation is 1. The number of nitrogens with two attached hydrogens (primary N) is 1. The fourth-order valence-electron chi connectivity index (χ4n) is 4.07. The molecule has 2 N–H and O–H groups in total. The van der Waals surface area contributed by atoms with E-state index in [4.69, 9.17) is 17.3 Å². The van der Waals surface area contributed by atoms with E-state index in [1.165, 1.54) is 73.8 Å². The van der Waals surface area contributed by atoms with Crippen LogP contribution in [0, 0.1) is 12.8 Å². The second-order valence-corrected chi connectivity index (χ2v) is 11.7. The van der Waals surface area contributed by atoms with Gasteiger partial charge in [0.25, 0.3) is 0 Å². The van der Waals surface area contributed by atoms with Crippen LogP contribution in [0.2, 0.25) is 5.02 Å². The first-order valence-electron chi connectivity index (χ1n) is 9.87. The van der Waals surface area contributed by atoms with Crippen LogP contribution in [0.4, 0.5) is 5.69 Å². The van der Waals surface area contributed by atoms with Crippen LogP contribution >= 0.6 is 11.6 Å². The predicted octanol–water partition coefficient (Wildman–Crippen LogP) is 4.03. The Labute approximate surface area is 168 Å². The molecule has 25 heavy (non-hydrogen) atoms. The van der Waals surface area contributed by atoms with E-state index in [2.05, 4.69) is 33.1 Å². The van der Waals surface area contributed by atoms with Gasteiger partial charge in [-0.25, -0.2) is 0 Å². The molecule has 0 bridgehead atoms. The summed E-state index contributed by atoms with van der Waals surface area (Å²) in [5.41, 5.74) is 8.45. The van der Waals surface area contributed by atoms with Crippen molar-refractivity contribution in [3.05, 3.63) is 28.8 Å². The number of hydrogen-bond acceptors (Lipinski definition) is 3. The first-order chi connectivity index (χ1) is 12.1. The zero-order valence-corrected chi connectivity index (χ0v) is 19.1. The molecular formula is C20H32ClN3Sn. The third-order valence-electron chi connectivity index (χ3n) is 5.82. The number of hydrogen-bond donors (Lipinski definition) is 1. The molecule has 1 saturated heterocycles. The minimum atomic E-state index is -0.468. The van der Waals surface area contributed by atoms with E-state index >= 15 is 0 Å². The van der Waals surface area contributed by atoms with Crippen molar-refractivity contribution in [3.8, 4) is 0 Å².